The zero-order valence-corrected chi connectivity index (χ0v) is 18.5. The lowest BCUT2D eigenvalue weighted by atomic mass is 9.85. The maximum atomic E-state index is 13.1. The van der Waals surface area contributed by atoms with E-state index >= 15 is 0 Å². The summed E-state index contributed by atoms with van der Waals surface area (Å²) < 4.78 is 2.04. The minimum Gasteiger partial charge on any atom is -0.388 e. The summed E-state index contributed by atoms with van der Waals surface area (Å²) >= 11 is 0. The van der Waals surface area contributed by atoms with Crippen LogP contribution in [0, 0.1) is 0 Å². The molecular weight excluding hydrogens is 410 g/mol. The van der Waals surface area contributed by atoms with Gasteiger partial charge in [-0.1, -0.05) is 0 Å². The molecular formula is C23H29N5O4. The van der Waals surface area contributed by atoms with E-state index in [4.69, 9.17) is 0 Å². The second-order valence-electron chi connectivity index (χ2n) is 9.96. The number of carbonyl (C=O) groups excluding carboxylic acids is 3. The fraction of sp³-hybridized carbons (Fsp3) is 0.565. The summed E-state index contributed by atoms with van der Waals surface area (Å²) in [6.45, 7) is 3.86. The monoisotopic (exact) mass is 439 g/mol. The van der Waals surface area contributed by atoms with E-state index in [2.05, 4.69) is 10.3 Å². The van der Waals surface area contributed by atoms with Crippen molar-refractivity contribution in [3.05, 3.63) is 30.7 Å². The number of amides is 4. The second-order valence-corrected chi connectivity index (χ2v) is 9.96. The fourth-order valence-electron chi connectivity index (χ4n) is 5.70. The maximum absolute atomic E-state index is 13.1. The maximum Gasteiger partial charge on any atom is 0.325 e. The first-order chi connectivity index (χ1) is 15.2. The molecule has 0 spiro atoms. The van der Waals surface area contributed by atoms with Crippen LogP contribution in [-0.4, -0.2) is 72.1 Å². The number of piperidine rings is 1. The third-order valence-corrected chi connectivity index (χ3v) is 7.17. The molecule has 2 N–H and O–H groups in total. The number of hydrogen-bond donors (Lipinski definition) is 2. The number of nitrogens with one attached hydrogen (secondary N) is 1. The van der Waals surface area contributed by atoms with Crippen molar-refractivity contribution in [1.82, 2.24) is 24.7 Å². The number of fused-ring (bicyclic) bond motifs is 3. The quantitative estimate of drug-likeness (QED) is 0.689. The van der Waals surface area contributed by atoms with Crippen LogP contribution < -0.4 is 5.32 Å². The first-order valence-electron chi connectivity index (χ1n) is 11.2. The lowest BCUT2D eigenvalue weighted by molar-refractivity contribution is -0.142. The standard InChI is InChI=1S/C23H29N5O4/c1-22(2)20(30)27(21(31)25-22)10-7-19(29)28-16-3-4-17(28)12-23(32,11-16)14-26-9-6-15-5-8-24-13-18(15)26/h5-6,8-9,13,16-17,32H,3-4,7,10-12,14H2,1-2H3,(H,25,31)/t16-,17+,23?. The van der Waals surface area contributed by atoms with Crippen LogP contribution >= 0.6 is 0 Å². The van der Waals surface area contributed by atoms with E-state index in [9.17, 15) is 19.5 Å². The van der Waals surface area contributed by atoms with E-state index in [1.54, 1.807) is 20.0 Å². The van der Waals surface area contributed by atoms with Gasteiger partial charge < -0.3 is 19.9 Å². The van der Waals surface area contributed by atoms with Gasteiger partial charge in [-0.2, -0.15) is 0 Å². The van der Waals surface area contributed by atoms with Crippen LogP contribution in [0.15, 0.2) is 30.7 Å². The van der Waals surface area contributed by atoms with Gasteiger partial charge in [-0.05, 0) is 51.7 Å². The van der Waals surface area contributed by atoms with E-state index in [1.807, 2.05) is 34.0 Å². The average molecular weight is 440 g/mol. The highest BCUT2D eigenvalue weighted by Gasteiger charge is 2.50. The van der Waals surface area contributed by atoms with Gasteiger partial charge in [-0.15, -0.1) is 0 Å². The van der Waals surface area contributed by atoms with Crippen molar-refractivity contribution >= 4 is 28.7 Å². The van der Waals surface area contributed by atoms with Crippen molar-refractivity contribution < 1.29 is 19.5 Å². The number of urea groups is 1. The van der Waals surface area contributed by atoms with Gasteiger partial charge in [-0.25, -0.2) is 4.79 Å². The Morgan fingerprint density at radius 2 is 1.94 bits per heavy atom. The predicted octanol–water partition coefficient (Wildman–Crippen LogP) is 1.64. The van der Waals surface area contributed by atoms with Crippen molar-refractivity contribution in [2.75, 3.05) is 6.54 Å². The molecule has 5 rings (SSSR count). The minimum absolute atomic E-state index is 0.0225. The first-order valence-corrected chi connectivity index (χ1v) is 11.2. The van der Waals surface area contributed by atoms with E-state index in [-0.39, 0.29) is 36.9 Å². The minimum atomic E-state index is -0.932. The molecule has 5 heterocycles. The molecule has 3 atom stereocenters. The molecule has 170 valence electrons. The second kappa shape index (κ2) is 7.30. The summed E-state index contributed by atoms with van der Waals surface area (Å²) in [6.07, 6.45) is 8.41. The molecule has 3 aliphatic heterocycles. The summed E-state index contributed by atoms with van der Waals surface area (Å²) in [5.74, 6) is -0.361. The van der Waals surface area contributed by atoms with Gasteiger partial charge in [0, 0.05) is 42.8 Å². The van der Waals surface area contributed by atoms with Gasteiger partial charge in [0.25, 0.3) is 5.91 Å². The number of carbonyl (C=O) groups is 3. The Balaban J connectivity index is 1.24. The molecule has 32 heavy (non-hydrogen) atoms. The Bertz CT molecular complexity index is 1080. The lowest BCUT2D eigenvalue weighted by Gasteiger charge is -2.44. The normalized spacial score (nSPS) is 29.1. The van der Waals surface area contributed by atoms with Crippen molar-refractivity contribution in [2.45, 2.75) is 75.7 Å². The van der Waals surface area contributed by atoms with Crippen LogP contribution in [0.3, 0.4) is 0 Å². The highest BCUT2D eigenvalue weighted by atomic mass is 16.3. The fourth-order valence-corrected chi connectivity index (χ4v) is 5.70. The summed E-state index contributed by atoms with van der Waals surface area (Å²) in [7, 11) is 0. The highest BCUT2D eigenvalue weighted by molar-refractivity contribution is 6.06. The van der Waals surface area contributed by atoms with Crippen LogP contribution in [-0.2, 0) is 16.1 Å². The molecule has 0 saturated carbocycles. The Morgan fingerprint density at radius 1 is 1.22 bits per heavy atom. The van der Waals surface area contributed by atoms with Gasteiger partial charge in [0.05, 0.1) is 23.9 Å². The predicted molar refractivity (Wildman–Crippen MR) is 117 cm³/mol. The van der Waals surface area contributed by atoms with Crippen LogP contribution in [0.1, 0.15) is 46.0 Å². The zero-order valence-electron chi connectivity index (χ0n) is 18.5. The van der Waals surface area contributed by atoms with Gasteiger partial charge in [0.2, 0.25) is 5.91 Å². The molecule has 2 bridgehead atoms. The number of aliphatic hydroxyl groups is 1. The molecule has 3 aliphatic rings. The molecule has 2 aromatic rings. The smallest absolute Gasteiger partial charge is 0.325 e. The Kier molecular flexibility index (Phi) is 4.77. The molecule has 9 heteroatoms. The van der Waals surface area contributed by atoms with Crippen molar-refractivity contribution in [2.24, 2.45) is 0 Å². The average Bonchev–Trinajstić information content (AvgIpc) is 3.32. The number of hydrogen-bond acceptors (Lipinski definition) is 5. The molecule has 9 nitrogen and oxygen atoms in total. The molecule has 3 saturated heterocycles. The third kappa shape index (κ3) is 3.44. The first kappa shape index (κ1) is 20.9. The van der Waals surface area contributed by atoms with Crippen LogP contribution in [0.2, 0.25) is 0 Å². The van der Waals surface area contributed by atoms with Crippen molar-refractivity contribution in [1.29, 1.82) is 0 Å². The summed E-state index contributed by atoms with van der Waals surface area (Å²) in [6, 6.07) is 3.48. The molecule has 4 amide bonds. The molecule has 0 aromatic carbocycles. The van der Waals surface area contributed by atoms with E-state index < -0.39 is 17.2 Å². The van der Waals surface area contributed by atoms with Crippen molar-refractivity contribution in [3.8, 4) is 0 Å². The van der Waals surface area contributed by atoms with Crippen LogP contribution in [0.25, 0.3) is 10.9 Å². The Labute approximate surface area is 186 Å². The van der Waals surface area contributed by atoms with E-state index in [0.717, 1.165) is 28.6 Å². The van der Waals surface area contributed by atoms with Gasteiger partial charge in [0.15, 0.2) is 0 Å². The number of aromatic nitrogens is 2. The third-order valence-electron chi connectivity index (χ3n) is 7.17. The van der Waals surface area contributed by atoms with Gasteiger partial charge in [0.1, 0.15) is 5.54 Å². The van der Waals surface area contributed by atoms with Gasteiger partial charge in [-0.3, -0.25) is 19.5 Å². The van der Waals surface area contributed by atoms with Crippen LogP contribution in [0.4, 0.5) is 4.79 Å². The Morgan fingerprint density at radius 3 is 2.59 bits per heavy atom. The molecule has 0 aliphatic carbocycles. The van der Waals surface area contributed by atoms with Gasteiger partial charge >= 0.3 is 6.03 Å². The van der Waals surface area contributed by atoms with Crippen LogP contribution in [0.5, 0.6) is 0 Å². The largest absolute Gasteiger partial charge is 0.388 e. The van der Waals surface area contributed by atoms with E-state index in [0.29, 0.717) is 19.4 Å². The topological polar surface area (TPSA) is 108 Å². The SMILES string of the molecule is CC1(C)NC(=O)N(CCC(=O)N2[C@@H]3CC[C@H]2CC(O)(Cn2ccc4ccncc42)C3)C1=O. The van der Waals surface area contributed by atoms with Crippen molar-refractivity contribution in [3.63, 3.8) is 0 Å². The number of nitrogens with zero attached hydrogens (tertiary/aromatic N) is 4. The zero-order chi connectivity index (χ0) is 22.7. The summed E-state index contributed by atoms with van der Waals surface area (Å²) in [4.78, 5) is 44.7. The number of rotatable bonds is 5. The molecule has 3 fully saturated rings. The summed E-state index contributed by atoms with van der Waals surface area (Å²) in [5.41, 5.74) is -0.832. The highest BCUT2D eigenvalue weighted by Crippen LogP contribution is 2.42. The molecule has 1 unspecified atom stereocenters. The lowest BCUT2D eigenvalue weighted by Crippen LogP contribution is -2.55. The van der Waals surface area contributed by atoms with E-state index in [1.165, 1.54) is 0 Å². The number of imide groups is 1. The number of pyridine rings is 1. The molecule has 2 aromatic heterocycles. The summed E-state index contributed by atoms with van der Waals surface area (Å²) in [5, 5.41) is 15.2. The Hall–Kier alpha value is -2.94. The molecule has 0 radical (unpaired) electrons.